The highest BCUT2D eigenvalue weighted by molar-refractivity contribution is 5.94. The second-order valence-electron chi connectivity index (χ2n) is 5.85. The average Bonchev–Trinajstić information content (AvgIpc) is 2.51. The summed E-state index contributed by atoms with van der Waals surface area (Å²) in [5, 5.41) is 3.07. The lowest BCUT2D eigenvalue weighted by Crippen LogP contribution is -2.39. The summed E-state index contributed by atoms with van der Waals surface area (Å²) < 4.78 is 51.6. The molecular formula is C16H20F4N2O. The molecule has 1 saturated heterocycles. The van der Waals surface area contributed by atoms with E-state index in [1.807, 2.05) is 7.05 Å². The van der Waals surface area contributed by atoms with E-state index in [1.54, 1.807) is 0 Å². The van der Waals surface area contributed by atoms with Crippen molar-refractivity contribution in [2.45, 2.75) is 25.4 Å². The van der Waals surface area contributed by atoms with Gasteiger partial charge in [0.1, 0.15) is 5.82 Å². The minimum atomic E-state index is -4.67. The van der Waals surface area contributed by atoms with Gasteiger partial charge in [-0.15, -0.1) is 0 Å². The van der Waals surface area contributed by atoms with Gasteiger partial charge >= 0.3 is 6.18 Å². The summed E-state index contributed by atoms with van der Waals surface area (Å²) in [7, 11) is 1.88. The number of hydrogen-bond donors (Lipinski definition) is 1. The first-order valence-electron chi connectivity index (χ1n) is 7.63. The number of piperidine rings is 1. The molecule has 0 saturated carbocycles. The normalized spacial score (nSPS) is 16.7. The van der Waals surface area contributed by atoms with Gasteiger partial charge in [0.05, 0.1) is 5.56 Å². The van der Waals surface area contributed by atoms with Gasteiger partial charge in [0, 0.05) is 18.7 Å². The number of nitrogens with zero attached hydrogens (tertiary/aromatic N) is 1. The lowest BCUT2D eigenvalue weighted by atomic mass is 9.93. The molecule has 0 bridgehead atoms. The molecule has 3 nitrogen and oxygen atoms in total. The zero-order chi connectivity index (χ0) is 17.0. The number of carbonyl (C=O) groups excluding carboxylic acids is 1. The highest BCUT2D eigenvalue weighted by atomic mass is 19.4. The van der Waals surface area contributed by atoms with Crippen LogP contribution in [0.2, 0.25) is 0 Å². The SMILES string of the molecule is CNCCC1CCN(C(=O)c2cc(F)cc(C(F)(F)F)c2)CC1. The van der Waals surface area contributed by atoms with Gasteiger partial charge in [-0.25, -0.2) is 4.39 Å². The van der Waals surface area contributed by atoms with Gasteiger partial charge in [-0.1, -0.05) is 0 Å². The molecule has 7 heteroatoms. The first-order valence-corrected chi connectivity index (χ1v) is 7.63. The van der Waals surface area contributed by atoms with Crippen LogP contribution in [0.25, 0.3) is 0 Å². The van der Waals surface area contributed by atoms with Crippen LogP contribution in [0.15, 0.2) is 18.2 Å². The minimum Gasteiger partial charge on any atom is -0.339 e. The van der Waals surface area contributed by atoms with Gasteiger partial charge in [0.2, 0.25) is 0 Å². The van der Waals surface area contributed by atoms with Gasteiger partial charge in [-0.3, -0.25) is 4.79 Å². The molecular weight excluding hydrogens is 312 g/mol. The summed E-state index contributed by atoms with van der Waals surface area (Å²) in [6.07, 6.45) is -2.03. The Morgan fingerprint density at radius 1 is 1.26 bits per heavy atom. The monoisotopic (exact) mass is 332 g/mol. The summed E-state index contributed by atoms with van der Waals surface area (Å²) in [6, 6.07) is 1.99. The fraction of sp³-hybridized carbons (Fsp3) is 0.562. The van der Waals surface area contributed by atoms with Gasteiger partial charge in [-0.2, -0.15) is 13.2 Å². The van der Waals surface area contributed by atoms with Gasteiger partial charge < -0.3 is 10.2 Å². The van der Waals surface area contributed by atoms with Crippen LogP contribution in [-0.2, 0) is 6.18 Å². The number of halogens is 4. The second-order valence-corrected chi connectivity index (χ2v) is 5.85. The smallest absolute Gasteiger partial charge is 0.339 e. The lowest BCUT2D eigenvalue weighted by molar-refractivity contribution is -0.137. The van der Waals surface area contributed by atoms with Crippen LogP contribution in [0.5, 0.6) is 0 Å². The molecule has 128 valence electrons. The van der Waals surface area contributed by atoms with E-state index in [0.717, 1.165) is 37.9 Å². The number of hydrogen-bond acceptors (Lipinski definition) is 2. The number of nitrogens with one attached hydrogen (secondary N) is 1. The van der Waals surface area contributed by atoms with Crippen LogP contribution >= 0.6 is 0 Å². The summed E-state index contributed by atoms with van der Waals surface area (Å²) in [6.45, 7) is 1.88. The molecule has 1 aliphatic heterocycles. The molecule has 2 rings (SSSR count). The van der Waals surface area contributed by atoms with Crippen LogP contribution in [0.1, 0.15) is 35.2 Å². The third-order valence-electron chi connectivity index (χ3n) is 4.18. The average molecular weight is 332 g/mol. The van der Waals surface area contributed by atoms with Crippen LogP contribution in [0, 0.1) is 11.7 Å². The molecule has 0 aliphatic carbocycles. The van der Waals surface area contributed by atoms with E-state index in [2.05, 4.69) is 5.32 Å². The van der Waals surface area contributed by atoms with Crippen LogP contribution in [0.4, 0.5) is 17.6 Å². The molecule has 1 aromatic rings. The number of alkyl halides is 3. The molecule has 1 N–H and O–H groups in total. The Morgan fingerprint density at radius 2 is 1.91 bits per heavy atom. The Hall–Kier alpha value is -1.63. The molecule has 0 radical (unpaired) electrons. The number of amides is 1. The lowest BCUT2D eigenvalue weighted by Gasteiger charge is -2.32. The Morgan fingerprint density at radius 3 is 2.48 bits per heavy atom. The zero-order valence-electron chi connectivity index (χ0n) is 12.9. The molecule has 1 aliphatic rings. The fourth-order valence-corrected chi connectivity index (χ4v) is 2.83. The molecule has 1 heterocycles. The van der Waals surface area contributed by atoms with Crippen molar-refractivity contribution in [1.82, 2.24) is 10.2 Å². The zero-order valence-corrected chi connectivity index (χ0v) is 12.9. The summed E-state index contributed by atoms with van der Waals surface area (Å²) in [5.74, 6) is -1.08. The summed E-state index contributed by atoms with van der Waals surface area (Å²) in [5.41, 5.74) is -1.38. The largest absolute Gasteiger partial charge is 0.416 e. The van der Waals surface area contributed by atoms with Crippen LogP contribution < -0.4 is 5.32 Å². The van der Waals surface area contributed by atoms with E-state index in [1.165, 1.54) is 4.90 Å². The highest BCUT2D eigenvalue weighted by Gasteiger charge is 2.33. The highest BCUT2D eigenvalue weighted by Crippen LogP contribution is 2.31. The quantitative estimate of drug-likeness (QED) is 0.858. The van der Waals surface area contributed by atoms with Crippen molar-refractivity contribution >= 4 is 5.91 Å². The van der Waals surface area contributed by atoms with E-state index in [9.17, 15) is 22.4 Å². The van der Waals surface area contributed by atoms with E-state index >= 15 is 0 Å². The van der Waals surface area contributed by atoms with Gasteiger partial charge in [0.25, 0.3) is 5.91 Å². The standard InChI is InChI=1S/C16H20F4N2O/c1-21-5-2-11-3-6-22(7-4-11)15(23)12-8-13(16(18,19)20)10-14(17)9-12/h8-11,21H,2-7H2,1H3. The maximum absolute atomic E-state index is 13.4. The molecule has 0 spiro atoms. The van der Waals surface area contributed by atoms with Crippen molar-refractivity contribution in [2.24, 2.45) is 5.92 Å². The second kappa shape index (κ2) is 7.29. The molecule has 0 unspecified atom stereocenters. The fourth-order valence-electron chi connectivity index (χ4n) is 2.83. The van der Waals surface area contributed by atoms with E-state index in [4.69, 9.17) is 0 Å². The number of rotatable bonds is 4. The van der Waals surface area contributed by atoms with Crippen molar-refractivity contribution in [3.8, 4) is 0 Å². The Bertz CT molecular complexity index is 552. The van der Waals surface area contributed by atoms with Crippen molar-refractivity contribution < 1.29 is 22.4 Å². The van der Waals surface area contributed by atoms with Crippen LogP contribution in [-0.4, -0.2) is 37.5 Å². The first-order chi connectivity index (χ1) is 10.8. The van der Waals surface area contributed by atoms with Crippen molar-refractivity contribution in [2.75, 3.05) is 26.7 Å². The van der Waals surface area contributed by atoms with Crippen molar-refractivity contribution in [3.05, 3.63) is 35.1 Å². The predicted octanol–water partition coefficient (Wildman–Crippen LogP) is 3.31. The number of benzene rings is 1. The molecule has 23 heavy (non-hydrogen) atoms. The Balaban J connectivity index is 2.05. The van der Waals surface area contributed by atoms with Gasteiger partial charge in [-0.05, 0) is 57.0 Å². The predicted molar refractivity (Wildman–Crippen MR) is 78.6 cm³/mol. The molecule has 0 aromatic heterocycles. The van der Waals surface area contributed by atoms with E-state index < -0.39 is 23.5 Å². The van der Waals surface area contributed by atoms with Crippen LogP contribution in [0.3, 0.4) is 0 Å². The Kier molecular flexibility index (Phi) is 5.62. The minimum absolute atomic E-state index is 0.244. The first kappa shape index (κ1) is 17.7. The molecule has 1 aromatic carbocycles. The maximum Gasteiger partial charge on any atom is 0.416 e. The molecule has 0 atom stereocenters. The van der Waals surface area contributed by atoms with Gasteiger partial charge in [0.15, 0.2) is 0 Å². The maximum atomic E-state index is 13.4. The van der Waals surface area contributed by atoms with Crippen molar-refractivity contribution in [3.63, 3.8) is 0 Å². The molecule has 1 amide bonds. The number of carbonyl (C=O) groups is 1. The number of likely N-dealkylation sites (tertiary alicyclic amines) is 1. The van der Waals surface area contributed by atoms with E-state index in [0.29, 0.717) is 25.1 Å². The van der Waals surface area contributed by atoms with E-state index in [-0.39, 0.29) is 5.56 Å². The Labute approximate surface area is 132 Å². The summed E-state index contributed by atoms with van der Waals surface area (Å²) in [4.78, 5) is 13.8. The molecule has 1 fully saturated rings. The summed E-state index contributed by atoms with van der Waals surface area (Å²) >= 11 is 0. The third-order valence-corrected chi connectivity index (χ3v) is 4.18. The topological polar surface area (TPSA) is 32.3 Å². The van der Waals surface area contributed by atoms with Crippen molar-refractivity contribution in [1.29, 1.82) is 0 Å². The third kappa shape index (κ3) is 4.67.